The van der Waals surface area contributed by atoms with Crippen LogP contribution in [0.2, 0.25) is 10.0 Å². The molecule has 190 valence electrons. The van der Waals surface area contributed by atoms with Gasteiger partial charge in [-0.2, -0.15) is 5.10 Å². The molecule has 3 heterocycles. The molecular weight excluding hydrogens is 483 g/mol. The summed E-state index contributed by atoms with van der Waals surface area (Å²) in [4.78, 5) is 14.5. The first kappa shape index (κ1) is 26.1. The molecule has 1 aliphatic rings. The monoisotopic (exact) mass is 518 g/mol. The Balaban J connectivity index is 1.43. The molecule has 1 aliphatic heterocycles. The van der Waals surface area contributed by atoms with Crippen molar-refractivity contribution in [3.8, 4) is 0 Å². The predicted molar refractivity (Wildman–Crippen MR) is 144 cm³/mol. The number of aliphatic hydroxyl groups excluding tert-OH is 1. The summed E-state index contributed by atoms with van der Waals surface area (Å²) >= 11 is 12.6. The Hall–Kier alpha value is -1.93. The molecule has 0 amide bonds. The SMILES string of the molecule is CCCCN(CCCO)CCC1CN(c2cnc3c(C)nn([C@H](C)c4ccc(Cl)cc4Cl)c3n2)C1. The zero-order valence-electron chi connectivity index (χ0n) is 20.9. The van der Waals surface area contributed by atoms with Gasteiger partial charge in [0.1, 0.15) is 11.3 Å². The maximum absolute atomic E-state index is 9.19. The highest BCUT2D eigenvalue weighted by Gasteiger charge is 2.29. The molecule has 4 rings (SSSR count). The molecule has 1 atom stereocenters. The number of benzene rings is 1. The van der Waals surface area contributed by atoms with Crippen LogP contribution in [-0.4, -0.2) is 69.1 Å². The van der Waals surface area contributed by atoms with Crippen LogP contribution in [-0.2, 0) is 0 Å². The number of unbranched alkanes of at least 4 members (excludes halogenated alkanes) is 1. The van der Waals surface area contributed by atoms with Gasteiger partial charge in [0.15, 0.2) is 5.65 Å². The van der Waals surface area contributed by atoms with E-state index < -0.39 is 0 Å². The second-order valence-corrected chi connectivity index (χ2v) is 10.4. The Labute approximate surface area is 218 Å². The number of hydrogen-bond donors (Lipinski definition) is 1. The third kappa shape index (κ3) is 6.08. The normalized spacial score (nSPS) is 15.2. The molecule has 35 heavy (non-hydrogen) atoms. The van der Waals surface area contributed by atoms with E-state index in [2.05, 4.69) is 23.6 Å². The lowest BCUT2D eigenvalue weighted by Gasteiger charge is -2.41. The van der Waals surface area contributed by atoms with Gasteiger partial charge in [0.25, 0.3) is 0 Å². The van der Waals surface area contributed by atoms with E-state index in [1.165, 1.54) is 19.3 Å². The Morgan fingerprint density at radius 3 is 2.66 bits per heavy atom. The second kappa shape index (κ2) is 11.9. The quantitative estimate of drug-likeness (QED) is 0.347. The van der Waals surface area contributed by atoms with Gasteiger partial charge in [0.05, 0.1) is 17.9 Å². The highest BCUT2D eigenvalue weighted by molar-refractivity contribution is 6.35. The van der Waals surface area contributed by atoms with Crippen LogP contribution in [0.25, 0.3) is 11.2 Å². The van der Waals surface area contributed by atoms with E-state index in [9.17, 15) is 5.11 Å². The lowest BCUT2D eigenvalue weighted by molar-refractivity contribution is 0.205. The summed E-state index contributed by atoms with van der Waals surface area (Å²) in [5.74, 6) is 1.55. The van der Waals surface area contributed by atoms with Gasteiger partial charge >= 0.3 is 0 Å². The fourth-order valence-corrected chi connectivity index (χ4v) is 5.32. The summed E-state index contributed by atoms with van der Waals surface area (Å²) in [6.45, 7) is 11.7. The molecule has 2 aromatic heterocycles. The molecule has 0 bridgehead atoms. The van der Waals surface area contributed by atoms with Crippen LogP contribution in [0.1, 0.15) is 56.8 Å². The van der Waals surface area contributed by atoms with Crippen molar-refractivity contribution in [1.82, 2.24) is 24.6 Å². The Bertz CT molecular complexity index is 1120. The number of aryl methyl sites for hydroxylation is 1. The van der Waals surface area contributed by atoms with Gasteiger partial charge in [0.2, 0.25) is 0 Å². The number of fused-ring (bicyclic) bond motifs is 1. The van der Waals surface area contributed by atoms with E-state index >= 15 is 0 Å². The molecule has 0 saturated carbocycles. The van der Waals surface area contributed by atoms with E-state index in [0.29, 0.717) is 16.0 Å². The molecule has 0 spiro atoms. The van der Waals surface area contributed by atoms with Crippen molar-refractivity contribution in [1.29, 1.82) is 0 Å². The van der Waals surface area contributed by atoms with Crippen molar-refractivity contribution in [3.63, 3.8) is 0 Å². The van der Waals surface area contributed by atoms with Crippen molar-refractivity contribution < 1.29 is 5.11 Å². The van der Waals surface area contributed by atoms with E-state index in [0.717, 1.165) is 67.4 Å². The van der Waals surface area contributed by atoms with Crippen LogP contribution in [0.15, 0.2) is 24.4 Å². The molecule has 0 aliphatic carbocycles. The van der Waals surface area contributed by atoms with Crippen LogP contribution in [0.3, 0.4) is 0 Å². The maximum Gasteiger partial charge on any atom is 0.179 e. The highest BCUT2D eigenvalue weighted by Crippen LogP contribution is 2.32. The van der Waals surface area contributed by atoms with Gasteiger partial charge in [0, 0.05) is 36.3 Å². The summed E-state index contributed by atoms with van der Waals surface area (Å²) < 4.78 is 1.92. The van der Waals surface area contributed by atoms with Gasteiger partial charge in [-0.3, -0.25) is 0 Å². The number of hydrogen-bond acceptors (Lipinski definition) is 6. The lowest BCUT2D eigenvalue weighted by atomic mass is 9.96. The molecule has 3 aromatic rings. The number of rotatable bonds is 12. The van der Waals surface area contributed by atoms with Crippen molar-refractivity contribution >= 4 is 40.2 Å². The number of halogens is 2. The first-order valence-corrected chi connectivity index (χ1v) is 13.4. The first-order valence-electron chi connectivity index (χ1n) is 12.7. The van der Waals surface area contributed by atoms with E-state index in [1.807, 2.05) is 29.9 Å². The molecule has 1 N–H and O–H groups in total. The number of aliphatic hydroxyl groups is 1. The summed E-state index contributed by atoms with van der Waals surface area (Å²) in [7, 11) is 0. The smallest absolute Gasteiger partial charge is 0.179 e. The third-order valence-corrected chi connectivity index (χ3v) is 7.50. The molecule has 1 fully saturated rings. The largest absolute Gasteiger partial charge is 0.396 e. The average molecular weight is 520 g/mol. The minimum atomic E-state index is -0.0994. The summed E-state index contributed by atoms with van der Waals surface area (Å²) in [5.41, 5.74) is 3.40. The third-order valence-electron chi connectivity index (χ3n) is 6.93. The summed E-state index contributed by atoms with van der Waals surface area (Å²) in [6, 6.07) is 5.46. The standard InChI is InChI=1S/C26H36Cl2N6O/c1-4-5-10-32(11-6-13-35)12-9-20-16-33(17-20)24-15-29-25-18(2)31-34(26(25)30-24)19(3)22-8-7-21(27)14-23(22)28/h7-8,14-15,19-20,35H,4-6,9-13,16-17H2,1-3H3/t19-/m1/s1. The first-order chi connectivity index (χ1) is 16.9. The van der Waals surface area contributed by atoms with E-state index in [4.69, 9.17) is 38.3 Å². The maximum atomic E-state index is 9.19. The summed E-state index contributed by atoms with van der Waals surface area (Å²) in [5, 5.41) is 15.2. The van der Waals surface area contributed by atoms with Gasteiger partial charge < -0.3 is 14.9 Å². The zero-order chi connectivity index (χ0) is 24.9. The Morgan fingerprint density at radius 1 is 1.17 bits per heavy atom. The predicted octanol–water partition coefficient (Wildman–Crippen LogP) is 5.36. The number of anilines is 1. The minimum Gasteiger partial charge on any atom is -0.396 e. The fourth-order valence-electron chi connectivity index (χ4n) is 4.75. The van der Waals surface area contributed by atoms with E-state index in [-0.39, 0.29) is 12.6 Å². The zero-order valence-corrected chi connectivity index (χ0v) is 22.4. The molecule has 1 aromatic carbocycles. The van der Waals surface area contributed by atoms with Crippen molar-refractivity contribution in [2.24, 2.45) is 5.92 Å². The van der Waals surface area contributed by atoms with Crippen molar-refractivity contribution in [3.05, 3.63) is 45.7 Å². The molecule has 0 radical (unpaired) electrons. The molecule has 0 unspecified atom stereocenters. The van der Waals surface area contributed by atoms with Crippen LogP contribution in [0, 0.1) is 12.8 Å². The average Bonchev–Trinajstić information content (AvgIpc) is 3.14. The molecule has 1 saturated heterocycles. The van der Waals surface area contributed by atoms with Crippen LogP contribution < -0.4 is 4.90 Å². The highest BCUT2D eigenvalue weighted by atomic mass is 35.5. The van der Waals surface area contributed by atoms with Crippen LogP contribution in [0.5, 0.6) is 0 Å². The molecular formula is C26H36Cl2N6O. The molecule has 7 nitrogen and oxygen atoms in total. The number of nitrogens with zero attached hydrogens (tertiary/aromatic N) is 6. The minimum absolute atomic E-state index is 0.0994. The fraction of sp³-hybridized carbons (Fsp3) is 0.577. The van der Waals surface area contributed by atoms with Crippen LogP contribution in [0.4, 0.5) is 5.82 Å². The van der Waals surface area contributed by atoms with E-state index in [1.54, 1.807) is 6.07 Å². The van der Waals surface area contributed by atoms with Crippen molar-refractivity contribution in [2.75, 3.05) is 44.2 Å². The van der Waals surface area contributed by atoms with Gasteiger partial charge in [-0.15, -0.1) is 0 Å². The van der Waals surface area contributed by atoms with Gasteiger partial charge in [-0.05, 0) is 69.8 Å². The topological polar surface area (TPSA) is 70.3 Å². The molecule has 9 heteroatoms. The lowest BCUT2D eigenvalue weighted by Crippen LogP contribution is -2.48. The van der Waals surface area contributed by atoms with Crippen LogP contribution >= 0.6 is 23.2 Å². The van der Waals surface area contributed by atoms with Gasteiger partial charge in [-0.25, -0.2) is 14.6 Å². The van der Waals surface area contributed by atoms with Gasteiger partial charge in [-0.1, -0.05) is 42.6 Å². The Morgan fingerprint density at radius 2 is 1.94 bits per heavy atom. The second-order valence-electron chi connectivity index (χ2n) is 9.60. The summed E-state index contributed by atoms with van der Waals surface area (Å²) in [6.07, 6.45) is 6.30. The Kier molecular flexibility index (Phi) is 8.87. The number of aromatic nitrogens is 4. The van der Waals surface area contributed by atoms with Crippen molar-refractivity contribution in [2.45, 2.75) is 52.5 Å².